The summed E-state index contributed by atoms with van der Waals surface area (Å²) in [6.45, 7) is 6.97. The van der Waals surface area contributed by atoms with E-state index in [9.17, 15) is 0 Å². The molecule has 1 aromatic heterocycles. The Hall–Kier alpha value is -1.62. The standard InChI is InChI=1S/C15H18BrN3O/c1-4-17-13-9-14(19-15(18-13)10(2)3)20-12-7-5-11(16)6-8-12/h5-10H,4H2,1-3H3,(H,17,18,19). The number of hydrogen-bond donors (Lipinski definition) is 1. The third-order valence-corrected chi connectivity index (χ3v) is 3.16. The van der Waals surface area contributed by atoms with E-state index < -0.39 is 0 Å². The van der Waals surface area contributed by atoms with Gasteiger partial charge in [0.1, 0.15) is 17.4 Å². The highest BCUT2D eigenvalue weighted by Crippen LogP contribution is 2.25. The molecule has 1 heterocycles. The first-order chi connectivity index (χ1) is 9.58. The Morgan fingerprint density at radius 2 is 1.90 bits per heavy atom. The number of nitrogens with one attached hydrogen (secondary N) is 1. The molecule has 0 radical (unpaired) electrons. The van der Waals surface area contributed by atoms with Gasteiger partial charge in [0.25, 0.3) is 0 Å². The first kappa shape index (κ1) is 14.8. The number of rotatable bonds is 5. The zero-order chi connectivity index (χ0) is 14.5. The van der Waals surface area contributed by atoms with Crippen LogP contribution >= 0.6 is 15.9 Å². The zero-order valence-corrected chi connectivity index (χ0v) is 13.4. The molecule has 106 valence electrons. The second kappa shape index (κ2) is 6.70. The summed E-state index contributed by atoms with van der Waals surface area (Å²) < 4.78 is 6.82. The van der Waals surface area contributed by atoms with E-state index in [-0.39, 0.29) is 5.92 Å². The van der Waals surface area contributed by atoms with Crippen LogP contribution in [0.15, 0.2) is 34.8 Å². The fourth-order valence-electron chi connectivity index (χ4n) is 1.65. The lowest BCUT2D eigenvalue weighted by molar-refractivity contribution is 0.457. The summed E-state index contributed by atoms with van der Waals surface area (Å²) in [5, 5.41) is 3.20. The van der Waals surface area contributed by atoms with Crippen molar-refractivity contribution >= 4 is 21.7 Å². The van der Waals surface area contributed by atoms with Crippen molar-refractivity contribution < 1.29 is 4.74 Å². The van der Waals surface area contributed by atoms with Gasteiger partial charge in [-0.2, -0.15) is 4.98 Å². The van der Waals surface area contributed by atoms with E-state index >= 15 is 0 Å². The molecule has 0 aliphatic heterocycles. The Bertz CT molecular complexity index is 570. The van der Waals surface area contributed by atoms with E-state index in [1.165, 1.54) is 0 Å². The van der Waals surface area contributed by atoms with Gasteiger partial charge in [-0.15, -0.1) is 0 Å². The summed E-state index contributed by atoms with van der Waals surface area (Å²) in [5.74, 6) is 3.13. The number of hydrogen-bond acceptors (Lipinski definition) is 4. The first-order valence-corrected chi connectivity index (χ1v) is 7.44. The largest absolute Gasteiger partial charge is 0.439 e. The Kier molecular flexibility index (Phi) is 4.95. The number of nitrogens with zero attached hydrogens (tertiary/aromatic N) is 2. The van der Waals surface area contributed by atoms with Crippen LogP contribution in [0.2, 0.25) is 0 Å². The fourth-order valence-corrected chi connectivity index (χ4v) is 1.91. The van der Waals surface area contributed by atoms with Crippen LogP contribution in [0.5, 0.6) is 11.6 Å². The molecular formula is C15H18BrN3O. The second-order valence-electron chi connectivity index (χ2n) is 4.69. The van der Waals surface area contributed by atoms with Crippen molar-refractivity contribution in [2.45, 2.75) is 26.7 Å². The minimum atomic E-state index is 0.251. The summed E-state index contributed by atoms with van der Waals surface area (Å²) in [7, 11) is 0. The van der Waals surface area contributed by atoms with Gasteiger partial charge in [-0.05, 0) is 31.2 Å². The van der Waals surface area contributed by atoms with Crippen LogP contribution in [0, 0.1) is 0 Å². The summed E-state index contributed by atoms with van der Waals surface area (Å²) in [5.41, 5.74) is 0. The maximum absolute atomic E-state index is 5.80. The molecule has 5 heteroatoms. The van der Waals surface area contributed by atoms with Crippen molar-refractivity contribution in [2.24, 2.45) is 0 Å². The van der Waals surface area contributed by atoms with Crippen LogP contribution in [-0.2, 0) is 0 Å². The van der Waals surface area contributed by atoms with Crippen LogP contribution in [-0.4, -0.2) is 16.5 Å². The van der Waals surface area contributed by atoms with Crippen molar-refractivity contribution in [3.63, 3.8) is 0 Å². The Morgan fingerprint density at radius 3 is 2.50 bits per heavy atom. The molecule has 20 heavy (non-hydrogen) atoms. The van der Waals surface area contributed by atoms with E-state index in [1.54, 1.807) is 0 Å². The van der Waals surface area contributed by atoms with Gasteiger partial charge in [0.15, 0.2) is 0 Å². The number of ether oxygens (including phenoxy) is 1. The van der Waals surface area contributed by atoms with E-state index in [0.717, 1.165) is 28.4 Å². The van der Waals surface area contributed by atoms with E-state index in [1.807, 2.05) is 37.3 Å². The smallest absolute Gasteiger partial charge is 0.224 e. The van der Waals surface area contributed by atoms with Gasteiger partial charge in [-0.1, -0.05) is 29.8 Å². The zero-order valence-electron chi connectivity index (χ0n) is 11.9. The molecule has 0 fully saturated rings. The summed E-state index contributed by atoms with van der Waals surface area (Å²) >= 11 is 3.40. The van der Waals surface area contributed by atoms with Gasteiger partial charge < -0.3 is 10.1 Å². The highest BCUT2D eigenvalue weighted by atomic mass is 79.9. The van der Waals surface area contributed by atoms with Crippen molar-refractivity contribution in [3.05, 3.63) is 40.6 Å². The minimum absolute atomic E-state index is 0.251. The van der Waals surface area contributed by atoms with Crippen molar-refractivity contribution in [3.8, 4) is 11.6 Å². The fraction of sp³-hybridized carbons (Fsp3) is 0.333. The molecular weight excluding hydrogens is 318 g/mol. The van der Waals surface area contributed by atoms with Gasteiger partial charge in [0, 0.05) is 23.0 Å². The summed E-state index contributed by atoms with van der Waals surface area (Å²) in [6, 6.07) is 9.48. The summed E-state index contributed by atoms with van der Waals surface area (Å²) in [4.78, 5) is 8.92. The lowest BCUT2D eigenvalue weighted by atomic mass is 10.2. The Balaban J connectivity index is 2.27. The topological polar surface area (TPSA) is 47.0 Å². The number of halogens is 1. The molecule has 0 unspecified atom stereocenters. The summed E-state index contributed by atoms with van der Waals surface area (Å²) in [6.07, 6.45) is 0. The van der Waals surface area contributed by atoms with Crippen molar-refractivity contribution in [1.29, 1.82) is 0 Å². The highest BCUT2D eigenvalue weighted by molar-refractivity contribution is 9.10. The lowest BCUT2D eigenvalue weighted by Crippen LogP contribution is -2.05. The molecule has 2 rings (SSSR count). The molecule has 0 aliphatic carbocycles. The Labute approximate surface area is 127 Å². The van der Waals surface area contributed by atoms with Gasteiger partial charge in [0.05, 0.1) is 0 Å². The van der Waals surface area contributed by atoms with Crippen LogP contribution < -0.4 is 10.1 Å². The third-order valence-electron chi connectivity index (χ3n) is 2.63. The van der Waals surface area contributed by atoms with Crippen LogP contribution in [0.3, 0.4) is 0 Å². The molecule has 0 aliphatic rings. The van der Waals surface area contributed by atoms with E-state index in [0.29, 0.717) is 5.88 Å². The third kappa shape index (κ3) is 3.93. The van der Waals surface area contributed by atoms with Crippen molar-refractivity contribution in [1.82, 2.24) is 9.97 Å². The van der Waals surface area contributed by atoms with Gasteiger partial charge in [-0.3, -0.25) is 0 Å². The van der Waals surface area contributed by atoms with Crippen LogP contribution in [0.4, 0.5) is 5.82 Å². The molecule has 0 atom stereocenters. The average Bonchev–Trinajstić information content (AvgIpc) is 2.41. The van der Waals surface area contributed by atoms with Crippen molar-refractivity contribution in [2.75, 3.05) is 11.9 Å². The Morgan fingerprint density at radius 1 is 1.20 bits per heavy atom. The lowest BCUT2D eigenvalue weighted by Gasteiger charge is -2.11. The van der Waals surface area contributed by atoms with Gasteiger partial charge in [-0.25, -0.2) is 4.98 Å². The predicted molar refractivity (Wildman–Crippen MR) is 84.5 cm³/mol. The van der Waals surface area contributed by atoms with E-state index in [4.69, 9.17) is 4.74 Å². The average molecular weight is 336 g/mol. The van der Waals surface area contributed by atoms with Crippen LogP contribution in [0.1, 0.15) is 32.5 Å². The maximum Gasteiger partial charge on any atom is 0.224 e. The van der Waals surface area contributed by atoms with Crippen LogP contribution in [0.25, 0.3) is 0 Å². The van der Waals surface area contributed by atoms with Gasteiger partial charge >= 0.3 is 0 Å². The quantitative estimate of drug-likeness (QED) is 0.868. The molecule has 0 saturated carbocycles. The number of anilines is 1. The molecule has 0 saturated heterocycles. The number of aromatic nitrogens is 2. The predicted octanol–water partition coefficient (Wildman–Crippen LogP) is 4.59. The molecule has 0 amide bonds. The minimum Gasteiger partial charge on any atom is -0.439 e. The first-order valence-electron chi connectivity index (χ1n) is 6.64. The molecule has 0 spiro atoms. The van der Waals surface area contributed by atoms with E-state index in [2.05, 4.69) is 45.1 Å². The number of benzene rings is 1. The van der Waals surface area contributed by atoms with Gasteiger partial charge in [0.2, 0.25) is 5.88 Å². The molecule has 1 N–H and O–H groups in total. The molecule has 0 bridgehead atoms. The molecule has 2 aromatic rings. The maximum atomic E-state index is 5.80. The SMILES string of the molecule is CCNc1cc(Oc2ccc(Br)cc2)nc(C(C)C)n1. The molecule has 4 nitrogen and oxygen atoms in total. The normalized spacial score (nSPS) is 10.7. The molecule has 1 aromatic carbocycles. The highest BCUT2D eigenvalue weighted by Gasteiger charge is 2.09. The second-order valence-corrected chi connectivity index (χ2v) is 5.61. The monoisotopic (exact) mass is 335 g/mol.